The van der Waals surface area contributed by atoms with E-state index in [1.54, 1.807) is 0 Å². The average Bonchev–Trinajstić information content (AvgIpc) is 2.79. The van der Waals surface area contributed by atoms with E-state index in [1.165, 1.54) is 18.9 Å². The Balaban J connectivity index is 1.96. The Morgan fingerprint density at radius 3 is 2.50 bits per heavy atom. The number of Topliss-reactive ketones (excluding diaryl/α,β-unsaturated/α-hetero) is 2. The number of aliphatic hydroxyl groups excluding tert-OH is 1. The first kappa shape index (κ1) is 19.3. The number of fused-ring (bicyclic) bond motifs is 1. The molecular weight excluding hydrogens is 330 g/mol. The molecule has 2 fully saturated rings. The fourth-order valence-electron chi connectivity index (χ4n) is 5.57. The van der Waals surface area contributed by atoms with Gasteiger partial charge in [0.2, 0.25) is 5.91 Å². The van der Waals surface area contributed by atoms with Crippen molar-refractivity contribution in [3.8, 4) is 0 Å². The third-order valence-corrected chi connectivity index (χ3v) is 7.36. The predicted octanol–water partition coefficient (Wildman–Crippen LogP) is 2.23. The molecule has 0 spiro atoms. The van der Waals surface area contributed by atoms with E-state index in [4.69, 9.17) is 0 Å². The number of carbonyl (C=O) groups is 3. The molecule has 0 aromatic rings. The first-order valence-electron chi connectivity index (χ1n) is 9.81. The van der Waals surface area contributed by atoms with Crippen LogP contribution in [0.5, 0.6) is 0 Å². The van der Waals surface area contributed by atoms with Crippen molar-refractivity contribution in [3.05, 3.63) is 12.2 Å². The van der Waals surface area contributed by atoms with Crippen LogP contribution in [0.3, 0.4) is 0 Å². The summed E-state index contributed by atoms with van der Waals surface area (Å²) in [7, 11) is 1.50. The standard InChI is InChI=1S/C21H31NO4/c1-11-6-9-15-14(10-11)8-7-12(2)21(15,4)19(25)16-18(24)17(13(3)23)22(5)20(16)26/h7-8,11-17,23H,6,9-10H2,1-5H3/t11-,12-,13+,14-,15-,16-,17-,21-/m0/s1. The predicted molar refractivity (Wildman–Crippen MR) is 98.1 cm³/mol. The molecular formula is C21H31NO4. The summed E-state index contributed by atoms with van der Waals surface area (Å²) in [6, 6.07) is -0.920. The zero-order valence-electron chi connectivity index (χ0n) is 16.4. The molecule has 8 atom stereocenters. The molecule has 2 aliphatic carbocycles. The Hall–Kier alpha value is -1.49. The monoisotopic (exact) mass is 361 g/mol. The van der Waals surface area contributed by atoms with E-state index < -0.39 is 35.2 Å². The second-order valence-corrected chi connectivity index (χ2v) is 8.98. The van der Waals surface area contributed by atoms with Gasteiger partial charge in [0.15, 0.2) is 17.5 Å². The van der Waals surface area contributed by atoms with E-state index >= 15 is 0 Å². The number of carbonyl (C=O) groups excluding carboxylic acids is 3. The van der Waals surface area contributed by atoms with Crippen LogP contribution in [0.1, 0.15) is 47.0 Å². The van der Waals surface area contributed by atoms with Gasteiger partial charge in [-0.1, -0.05) is 39.3 Å². The lowest BCUT2D eigenvalue weighted by atomic mass is 9.53. The van der Waals surface area contributed by atoms with Crippen LogP contribution in [0, 0.1) is 35.0 Å². The van der Waals surface area contributed by atoms with E-state index in [9.17, 15) is 19.5 Å². The van der Waals surface area contributed by atoms with Crippen molar-refractivity contribution in [1.29, 1.82) is 0 Å². The third-order valence-electron chi connectivity index (χ3n) is 7.36. The van der Waals surface area contributed by atoms with Crippen LogP contribution >= 0.6 is 0 Å². The summed E-state index contributed by atoms with van der Waals surface area (Å²) in [4.78, 5) is 40.5. The van der Waals surface area contributed by atoms with Gasteiger partial charge in [-0.05, 0) is 43.4 Å². The van der Waals surface area contributed by atoms with Gasteiger partial charge < -0.3 is 10.0 Å². The number of likely N-dealkylation sites (tertiary alicyclic amines) is 1. The summed E-state index contributed by atoms with van der Waals surface area (Å²) in [5, 5.41) is 9.92. The van der Waals surface area contributed by atoms with Gasteiger partial charge in [-0.2, -0.15) is 0 Å². The van der Waals surface area contributed by atoms with Gasteiger partial charge in [-0.15, -0.1) is 0 Å². The number of nitrogens with zero attached hydrogens (tertiary/aromatic N) is 1. The van der Waals surface area contributed by atoms with Crippen molar-refractivity contribution in [1.82, 2.24) is 4.90 Å². The zero-order chi connectivity index (χ0) is 19.4. The highest BCUT2D eigenvalue weighted by Gasteiger charge is 2.59. The number of amides is 1. The second kappa shape index (κ2) is 6.59. The van der Waals surface area contributed by atoms with Gasteiger partial charge in [0.1, 0.15) is 6.04 Å². The number of hydrogen-bond acceptors (Lipinski definition) is 4. The second-order valence-electron chi connectivity index (χ2n) is 8.98. The van der Waals surface area contributed by atoms with Crippen LogP contribution in [-0.4, -0.2) is 46.7 Å². The summed E-state index contributed by atoms with van der Waals surface area (Å²) >= 11 is 0. The molecule has 1 aliphatic heterocycles. The SMILES string of the molecule is C[C@H]1CC[C@H]2[C@@H](C=C[C@H](C)[C@]2(C)C(=O)[C@@H]2C(=O)[C@H]([C@@H](C)O)N(C)C2=O)C1. The maximum absolute atomic E-state index is 13.6. The van der Waals surface area contributed by atoms with Crippen LogP contribution in [0.2, 0.25) is 0 Å². The summed E-state index contributed by atoms with van der Waals surface area (Å²) in [6.45, 7) is 7.70. The molecule has 1 N–H and O–H groups in total. The molecule has 5 heteroatoms. The highest BCUT2D eigenvalue weighted by atomic mass is 16.3. The maximum atomic E-state index is 13.6. The number of rotatable bonds is 3. The van der Waals surface area contributed by atoms with Gasteiger partial charge >= 0.3 is 0 Å². The largest absolute Gasteiger partial charge is 0.391 e. The highest BCUT2D eigenvalue weighted by molar-refractivity contribution is 6.25. The summed E-state index contributed by atoms with van der Waals surface area (Å²) < 4.78 is 0. The minimum absolute atomic E-state index is 0.0128. The highest BCUT2D eigenvalue weighted by Crippen LogP contribution is 2.53. The number of ketones is 2. The van der Waals surface area contributed by atoms with Crippen molar-refractivity contribution in [2.75, 3.05) is 7.05 Å². The minimum Gasteiger partial charge on any atom is -0.391 e. The van der Waals surface area contributed by atoms with E-state index in [2.05, 4.69) is 19.1 Å². The molecule has 1 saturated heterocycles. The van der Waals surface area contributed by atoms with Gasteiger partial charge in [0.25, 0.3) is 0 Å². The fourth-order valence-corrected chi connectivity index (χ4v) is 5.57. The molecule has 144 valence electrons. The topological polar surface area (TPSA) is 74.7 Å². The molecule has 0 bridgehead atoms. The van der Waals surface area contributed by atoms with Gasteiger partial charge in [-0.3, -0.25) is 14.4 Å². The van der Waals surface area contributed by atoms with E-state index in [0.717, 1.165) is 19.3 Å². The Morgan fingerprint density at radius 1 is 1.27 bits per heavy atom. The molecule has 1 amide bonds. The van der Waals surface area contributed by atoms with Crippen LogP contribution in [0.15, 0.2) is 12.2 Å². The van der Waals surface area contributed by atoms with Gasteiger partial charge in [0.05, 0.1) is 6.10 Å². The fraction of sp³-hybridized carbons (Fsp3) is 0.762. The summed E-state index contributed by atoms with van der Waals surface area (Å²) in [5.41, 5.74) is -0.718. The molecule has 26 heavy (non-hydrogen) atoms. The molecule has 0 radical (unpaired) electrons. The van der Waals surface area contributed by atoms with Crippen molar-refractivity contribution < 1.29 is 19.5 Å². The van der Waals surface area contributed by atoms with Crippen LogP contribution < -0.4 is 0 Å². The van der Waals surface area contributed by atoms with E-state index in [-0.39, 0.29) is 17.6 Å². The van der Waals surface area contributed by atoms with Crippen molar-refractivity contribution in [3.63, 3.8) is 0 Å². The van der Waals surface area contributed by atoms with Crippen molar-refractivity contribution >= 4 is 17.5 Å². The normalized spacial score (nSPS) is 44.2. The number of hydrogen-bond donors (Lipinski definition) is 1. The van der Waals surface area contributed by atoms with E-state index in [1.807, 2.05) is 13.8 Å². The van der Waals surface area contributed by atoms with Crippen molar-refractivity contribution in [2.24, 2.45) is 35.0 Å². The first-order valence-corrected chi connectivity index (χ1v) is 9.81. The molecule has 0 aromatic heterocycles. The smallest absolute Gasteiger partial charge is 0.241 e. The lowest BCUT2D eigenvalue weighted by Gasteiger charge is -2.50. The Labute approximate surface area is 155 Å². The van der Waals surface area contributed by atoms with Crippen LogP contribution in [0.4, 0.5) is 0 Å². The van der Waals surface area contributed by atoms with E-state index in [0.29, 0.717) is 11.8 Å². The summed E-state index contributed by atoms with van der Waals surface area (Å²) in [6.07, 6.45) is 6.44. The lowest BCUT2D eigenvalue weighted by molar-refractivity contribution is -0.148. The quantitative estimate of drug-likeness (QED) is 0.618. The molecule has 0 unspecified atom stereocenters. The van der Waals surface area contributed by atoms with Crippen molar-refractivity contribution in [2.45, 2.75) is 59.1 Å². The van der Waals surface area contributed by atoms with Gasteiger partial charge in [0, 0.05) is 12.5 Å². The first-order chi connectivity index (χ1) is 12.1. The maximum Gasteiger partial charge on any atom is 0.241 e. The average molecular weight is 361 g/mol. The molecule has 5 nitrogen and oxygen atoms in total. The minimum atomic E-state index is -1.27. The number of likely N-dealkylation sites (N-methyl/N-ethyl adjacent to an activating group) is 1. The molecule has 1 heterocycles. The lowest BCUT2D eigenvalue weighted by Crippen LogP contribution is -2.52. The number of allylic oxidation sites excluding steroid dienone is 2. The molecule has 1 saturated carbocycles. The summed E-state index contributed by atoms with van der Waals surface area (Å²) in [5.74, 6) is -1.29. The Kier molecular flexibility index (Phi) is 4.89. The molecule has 3 rings (SSSR count). The van der Waals surface area contributed by atoms with Gasteiger partial charge in [-0.25, -0.2) is 0 Å². The Morgan fingerprint density at radius 2 is 1.92 bits per heavy atom. The zero-order valence-corrected chi connectivity index (χ0v) is 16.4. The molecule has 0 aromatic carbocycles. The van der Waals surface area contributed by atoms with Crippen LogP contribution in [-0.2, 0) is 14.4 Å². The molecule has 3 aliphatic rings. The number of aliphatic hydroxyl groups is 1. The third kappa shape index (κ3) is 2.67. The van der Waals surface area contributed by atoms with Crippen LogP contribution in [0.25, 0.3) is 0 Å². The Bertz CT molecular complexity index is 654.